The molecule has 0 aromatic rings. The second kappa shape index (κ2) is 6.64. The van der Waals surface area contributed by atoms with Gasteiger partial charge in [-0.1, -0.05) is 26.2 Å². The van der Waals surface area contributed by atoms with Crippen LogP contribution in [0.2, 0.25) is 0 Å². The number of hydrogen-bond acceptors (Lipinski definition) is 2. The third kappa shape index (κ3) is 4.71. The van der Waals surface area contributed by atoms with Crippen molar-refractivity contribution >= 4 is 12.4 Å². The molecule has 0 aliphatic carbocycles. The highest BCUT2D eigenvalue weighted by Gasteiger charge is 2.14. The largest absolute Gasteiger partial charge is 0.480 e. The Hall–Kier alpha value is -1.06. The van der Waals surface area contributed by atoms with Crippen LogP contribution in [-0.4, -0.2) is 23.5 Å². The van der Waals surface area contributed by atoms with Crippen LogP contribution in [0.25, 0.3) is 0 Å². The molecule has 0 heterocycles. The number of amides is 1. The van der Waals surface area contributed by atoms with Gasteiger partial charge in [0.1, 0.15) is 6.04 Å². The Morgan fingerprint density at radius 1 is 1.58 bits per heavy atom. The lowest BCUT2D eigenvalue weighted by atomic mass is 10.1. The summed E-state index contributed by atoms with van der Waals surface area (Å²) >= 11 is 0. The Kier molecular flexibility index (Phi) is 6.05. The lowest BCUT2D eigenvalue weighted by Crippen LogP contribution is -2.35. The van der Waals surface area contributed by atoms with Gasteiger partial charge < -0.3 is 10.4 Å². The van der Waals surface area contributed by atoms with E-state index in [1.54, 1.807) is 0 Å². The zero-order valence-electron chi connectivity index (χ0n) is 7.25. The van der Waals surface area contributed by atoms with Gasteiger partial charge in [0.25, 0.3) is 0 Å². The first-order valence-electron chi connectivity index (χ1n) is 4.14. The van der Waals surface area contributed by atoms with Gasteiger partial charge in [0.15, 0.2) is 0 Å². The maximum Gasteiger partial charge on any atom is 0.326 e. The van der Waals surface area contributed by atoms with Crippen molar-refractivity contribution in [2.75, 3.05) is 0 Å². The van der Waals surface area contributed by atoms with Crippen molar-refractivity contribution in [2.24, 2.45) is 0 Å². The standard InChI is InChI=1S/C8H15NO3/c1-2-3-4-5-7(8(11)12)9-6-10/h6-7H,2-5H2,1H3,(H,9,10)(H,11,12). The number of aliphatic carboxylic acids is 1. The topological polar surface area (TPSA) is 66.4 Å². The van der Waals surface area contributed by atoms with Crippen molar-refractivity contribution in [3.8, 4) is 0 Å². The number of unbranched alkanes of at least 4 members (excludes halogenated alkanes) is 2. The van der Waals surface area contributed by atoms with Gasteiger partial charge in [-0.2, -0.15) is 0 Å². The highest BCUT2D eigenvalue weighted by atomic mass is 16.4. The molecule has 0 fully saturated rings. The van der Waals surface area contributed by atoms with Crippen molar-refractivity contribution in [3.63, 3.8) is 0 Å². The van der Waals surface area contributed by atoms with Crippen molar-refractivity contribution in [1.82, 2.24) is 5.32 Å². The molecular formula is C8H15NO3. The number of rotatable bonds is 7. The van der Waals surface area contributed by atoms with Crippen LogP contribution in [0.4, 0.5) is 0 Å². The molecule has 70 valence electrons. The predicted molar refractivity (Wildman–Crippen MR) is 44.8 cm³/mol. The Balaban J connectivity index is 3.63. The number of carboxylic acids is 1. The average molecular weight is 173 g/mol. The van der Waals surface area contributed by atoms with Crippen molar-refractivity contribution < 1.29 is 14.7 Å². The highest BCUT2D eigenvalue weighted by Crippen LogP contribution is 2.02. The molecule has 12 heavy (non-hydrogen) atoms. The normalized spacial score (nSPS) is 12.1. The summed E-state index contributed by atoms with van der Waals surface area (Å²) in [5.74, 6) is -0.960. The molecule has 0 saturated carbocycles. The fourth-order valence-corrected chi connectivity index (χ4v) is 0.959. The van der Waals surface area contributed by atoms with Crippen LogP contribution in [-0.2, 0) is 9.59 Å². The van der Waals surface area contributed by atoms with Crippen molar-refractivity contribution in [3.05, 3.63) is 0 Å². The average Bonchev–Trinajstić information content (AvgIpc) is 2.03. The lowest BCUT2D eigenvalue weighted by Gasteiger charge is -2.09. The van der Waals surface area contributed by atoms with Gasteiger partial charge in [0.05, 0.1) is 0 Å². The summed E-state index contributed by atoms with van der Waals surface area (Å²) in [5.41, 5.74) is 0. The van der Waals surface area contributed by atoms with Gasteiger partial charge in [-0.25, -0.2) is 4.79 Å². The van der Waals surface area contributed by atoms with E-state index >= 15 is 0 Å². The molecule has 0 spiro atoms. The summed E-state index contributed by atoms with van der Waals surface area (Å²) in [6, 6.07) is -0.714. The zero-order valence-corrected chi connectivity index (χ0v) is 7.25. The van der Waals surface area contributed by atoms with E-state index in [1.165, 1.54) is 0 Å². The molecule has 1 unspecified atom stereocenters. The molecule has 1 amide bonds. The molecule has 4 nitrogen and oxygen atoms in total. The fraction of sp³-hybridized carbons (Fsp3) is 0.750. The number of carboxylic acid groups (broad SMARTS) is 1. The van der Waals surface area contributed by atoms with Crippen LogP contribution in [0.15, 0.2) is 0 Å². The number of carbonyl (C=O) groups excluding carboxylic acids is 1. The van der Waals surface area contributed by atoms with Gasteiger partial charge in [-0.15, -0.1) is 0 Å². The zero-order chi connectivity index (χ0) is 9.40. The van der Waals surface area contributed by atoms with Crippen LogP contribution in [0.5, 0.6) is 0 Å². The highest BCUT2D eigenvalue weighted by molar-refractivity contribution is 5.76. The summed E-state index contributed by atoms with van der Waals surface area (Å²) in [4.78, 5) is 20.4. The summed E-state index contributed by atoms with van der Waals surface area (Å²) in [6.45, 7) is 2.04. The van der Waals surface area contributed by atoms with E-state index in [4.69, 9.17) is 5.11 Å². The van der Waals surface area contributed by atoms with Gasteiger partial charge in [0.2, 0.25) is 6.41 Å². The molecule has 0 saturated heterocycles. The van der Waals surface area contributed by atoms with E-state index in [0.717, 1.165) is 19.3 Å². The SMILES string of the molecule is CCCCCC(NC=O)C(=O)O. The van der Waals surface area contributed by atoms with E-state index in [0.29, 0.717) is 12.8 Å². The van der Waals surface area contributed by atoms with Gasteiger partial charge in [0, 0.05) is 0 Å². The molecule has 4 heteroatoms. The maximum absolute atomic E-state index is 10.5. The Morgan fingerprint density at radius 2 is 2.25 bits per heavy atom. The van der Waals surface area contributed by atoms with Crippen molar-refractivity contribution in [1.29, 1.82) is 0 Å². The van der Waals surface area contributed by atoms with E-state index < -0.39 is 12.0 Å². The fourth-order valence-electron chi connectivity index (χ4n) is 0.959. The summed E-state index contributed by atoms with van der Waals surface area (Å²) < 4.78 is 0. The number of nitrogens with one attached hydrogen (secondary N) is 1. The third-order valence-corrected chi connectivity index (χ3v) is 1.66. The molecule has 0 aromatic heterocycles. The Bertz CT molecular complexity index is 147. The molecule has 1 atom stereocenters. The van der Waals surface area contributed by atoms with Crippen LogP contribution >= 0.6 is 0 Å². The van der Waals surface area contributed by atoms with Crippen LogP contribution in [0.3, 0.4) is 0 Å². The molecule has 0 radical (unpaired) electrons. The first-order chi connectivity index (χ1) is 5.72. The summed E-state index contributed by atoms with van der Waals surface area (Å²) in [6.07, 6.45) is 3.85. The van der Waals surface area contributed by atoms with Crippen LogP contribution < -0.4 is 5.32 Å². The first-order valence-corrected chi connectivity index (χ1v) is 4.14. The van der Waals surface area contributed by atoms with E-state index in [2.05, 4.69) is 5.32 Å². The van der Waals surface area contributed by atoms with Gasteiger partial charge >= 0.3 is 5.97 Å². The minimum atomic E-state index is -0.960. The predicted octanol–water partition coefficient (Wildman–Crippen LogP) is 0.766. The third-order valence-electron chi connectivity index (χ3n) is 1.66. The molecule has 0 bridgehead atoms. The van der Waals surface area contributed by atoms with Crippen LogP contribution in [0.1, 0.15) is 32.6 Å². The van der Waals surface area contributed by atoms with E-state index in [1.807, 2.05) is 6.92 Å². The van der Waals surface area contributed by atoms with Crippen LogP contribution in [0, 0.1) is 0 Å². The monoisotopic (exact) mass is 173 g/mol. The minimum absolute atomic E-state index is 0.435. The molecule has 0 rings (SSSR count). The molecule has 0 aromatic carbocycles. The van der Waals surface area contributed by atoms with Gasteiger partial charge in [-0.3, -0.25) is 4.79 Å². The van der Waals surface area contributed by atoms with Gasteiger partial charge in [-0.05, 0) is 6.42 Å². The lowest BCUT2D eigenvalue weighted by molar-refractivity contribution is -0.140. The smallest absolute Gasteiger partial charge is 0.326 e. The minimum Gasteiger partial charge on any atom is -0.480 e. The molecule has 0 aliphatic rings. The Labute approximate surface area is 72.0 Å². The molecule has 0 aliphatic heterocycles. The second-order valence-electron chi connectivity index (χ2n) is 2.67. The molecular weight excluding hydrogens is 158 g/mol. The number of carbonyl (C=O) groups is 2. The Morgan fingerprint density at radius 3 is 2.67 bits per heavy atom. The summed E-state index contributed by atoms with van der Waals surface area (Å²) in [7, 11) is 0. The number of hydrogen-bond donors (Lipinski definition) is 2. The van der Waals surface area contributed by atoms with E-state index in [-0.39, 0.29) is 0 Å². The maximum atomic E-state index is 10.5. The summed E-state index contributed by atoms with van der Waals surface area (Å²) in [5, 5.41) is 10.8. The molecule has 2 N–H and O–H groups in total. The second-order valence-corrected chi connectivity index (χ2v) is 2.67. The van der Waals surface area contributed by atoms with Crippen molar-refractivity contribution in [2.45, 2.75) is 38.6 Å². The quantitative estimate of drug-likeness (QED) is 0.441. The first kappa shape index (κ1) is 10.9. The van der Waals surface area contributed by atoms with E-state index in [9.17, 15) is 9.59 Å².